The van der Waals surface area contributed by atoms with Gasteiger partial charge >= 0.3 is 11.9 Å². The first-order chi connectivity index (χ1) is 10.8. The maximum Gasteiger partial charge on any atom is 0.342 e. The number of pyridine rings is 1. The zero-order valence-corrected chi connectivity index (χ0v) is 12.0. The first-order valence-corrected chi connectivity index (χ1v) is 6.59. The van der Waals surface area contributed by atoms with E-state index in [2.05, 4.69) is 0 Å². The third-order valence-electron chi connectivity index (χ3n) is 3.38. The Morgan fingerprint density at radius 3 is 2.30 bits per heavy atom. The van der Waals surface area contributed by atoms with Crippen LogP contribution in [0.1, 0.15) is 33.2 Å². The summed E-state index contributed by atoms with van der Waals surface area (Å²) in [5.74, 6) is -4.63. The summed E-state index contributed by atoms with van der Waals surface area (Å²) in [5, 5.41) is 18.5. The Morgan fingerprint density at radius 2 is 1.83 bits per heavy atom. The van der Waals surface area contributed by atoms with E-state index in [1.165, 1.54) is 12.1 Å². The Balaban J connectivity index is 2.97. The number of aromatic amines is 1. The molecule has 120 valence electrons. The molecular weight excluding hydrogens is 307 g/mol. The Morgan fingerprint density at radius 1 is 1.22 bits per heavy atom. The van der Waals surface area contributed by atoms with Crippen LogP contribution in [0.5, 0.6) is 0 Å². The van der Waals surface area contributed by atoms with Gasteiger partial charge in [0.2, 0.25) is 0 Å². The number of aromatic nitrogens is 1. The SMILES string of the molecule is CCc1ccc(-c2c(C(=O)O)c(N)[nH]c(=O)c2C(=O)O)c(F)c1. The lowest BCUT2D eigenvalue weighted by molar-refractivity contribution is 0.0695. The standard InChI is InChI=1S/C15H13FN2O5/c1-2-6-3-4-7(8(16)5-6)9-10(14(20)21)12(17)18-13(19)11(9)15(22)23/h3-5H,2H2,1H3,(H,20,21)(H,22,23)(H3,17,18,19). The van der Waals surface area contributed by atoms with Gasteiger partial charge in [-0.1, -0.05) is 19.1 Å². The molecule has 0 spiro atoms. The van der Waals surface area contributed by atoms with Crippen LogP contribution in [0.15, 0.2) is 23.0 Å². The molecule has 0 aliphatic heterocycles. The summed E-state index contributed by atoms with van der Waals surface area (Å²) in [4.78, 5) is 36.6. The molecule has 0 atom stereocenters. The van der Waals surface area contributed by atoms with Crippen molar-refractivity contribution >= 4 is 17.8 Å². The second kappa shape index (κ2) is 5.91. The number of hydrogen-bond acceptors (Lipinski definition) is 4. The average molecular weight is 320 g/mol. The van der Waals surface area contributed by atoms with Crippen LogP contribution in [0.4, 0.5) is 10.2 Å². The first kappa shape index (κ1) is 16.2. The number of hydrogen-bond donors (Lipinski definition) is 4. The molecule has 8 heteroatoms. The highest BCUT2D eigenvalue weighted by atomic mass is 19.1. The van der Waals surface area contributed by atoms with E-state index in [9.17, 15) is 29.0 Å². The molecule has 0 saturated carbocycles. The molecule has 0 fully saturated rings. The molecule has 0 saturated heterocycles. The molecule has 0 amide bonds. The topological polar surface area (TPSA) is 133 Å². The van der Waals surface area contributed by atoms with Crippen LogP contribution in [0.25, 0.3) is 11.1 Å². The van der Waals surface area contributed by atoms with Crippen LogP contribution in [-0.2, 0) is 6.42 Å². The van der Waals surface area contributed by atoms with E-state index < -0.39 is 45.8 Å². The molecule has 1 aromatic heterocycles. The Kier molecular flexibility index (Phi) is 4.17. The zero-order valence-electron chi connectivity index (χ0n) is 12.0. The van der Waals surface area contributed by atoms with Gasteiger partial charge in [0.1, 0.15) is 22.8 Å². The van der Waals surface area contributed by atoms with Crippen molar-refractivity contribution in [1.29, 1.82) is 0 Å². The Bertz CT molecular complexity index is 873. The van der Waals surface area contributed by atoms with Gasteiger partial charge in [-0.05, 0) is 18.1 Å². The van der Waals surface area contributed by atoms with Gasteiger partial charge < -0.3 is 20.9 Å². The normalized spacial score (nSPS) is 10.5. The number of halogens is 1. The number of anilines is 1. The summed E-state index contributed by atoms with van der Waals surface area (Å²) in [7, 11) is 0. The fourth-order valence-electron chi connectivity index (χ4n) is 2.30. The van der Waals surface area contributed by atoms with E-state index in [1.807, 2.05) is 4.98 Å². The van der Waals surface area contributed by atoms with Crippen molar-refractivity contribution in [2.75, 3.05) is 5.73 Å². The second-order valence-electron chi connectivity index (χ2n) is 4.77. The quantitative estimate of drug-likeness (QED) is 0.678. The largest absolute Gasteiger partial charge is 0.478 e. The molecule has 0 aliphatic rings. The van der Waals surface area contributed by atoms with E-state index in [0.29, 0.717) is 12.0 Å². The fourth-order valence-corrected chi connectivity index (χ4v) is 2.30. The number of nitrogens with two attached hydrogens (primary N) is 1. The van der Waals surface area contributed by atoms with E-state index in [4.69, 9.17) is 5.73 Å². The van der Waals surface area contributed by atoms with Gasteiger partial charge in [0, 0.05) is 11.1 Å². The summed E-state index contributed by atoms with van der Waals surface area (Å²) in [6.45, 7) is 1.80. The monoisotopic (exact) mass is 320 g/mol. The number of nitrogen functional groups attached to an aromatic ring is 1. The molecule has 0 radical (unpaired) electrons. The van der Waals surface area contributed by atoms with Crippen LogP contribution in [0.2, 0.25) is 0 Å². The lowest BCUT2D eigenvalue weighted by atomic mass is 9.94. The first-order valence-electron chi connectivity index (χ1n) is 6.59. The Hall–Kier alpha value is -3.16. The van der Waals surface area contributed by atoms with Crippen LogP contribution in [0, 0.1) is 5.82 Å². The van der Waals surface area contributed by atoms with Crippen LogP contribution >= 0.6 is 0 Å². The molecule has 0 bridgehead atoms. The maximum atomic E-state index is 14.3. The minimum absolute atomic E-state index is 0.310. The summed E-state index contributed by atoms with van der Waals surface area (Å²) < 4.78 is 14.3. The number of aryl methyl sites for hydroxylation is 1. The molecule has 1 heterocycles. The van der Waals surface area contributed by atoms with Gasteiger partial charge in [-0.25, -0.2) is 14.0 Å². The lowest BCUT2D eigenvalue weighted by Gasteiger charge is -2.13. The van der Waals surface area contributed by atoms with Crippen molar-refractivity contribution in [2.24, 2.45) is 0 Å². The molecule has 0 aliphatic carbocycles. The highest BCUT2D eigenvalue weighted by molar-refractivity contribution is 6.07. The van der Waals surface area contributed by atoms with Gasteiger partial charge in [-0.3, -0.25) is 4.79 Å². The van der Waals surface area contributed by atoms with Gasteiger partial charge in [0.05, 0.1) is 0 Å². The number of benzene rings is 1. The van der Waals surface area contributed by atoms with Crippen LogP contribution in [-0.4, -0.2) is 27.1 Å². The summed E-state index contributed by atoms with van der Waals surface area (Å²) in [6, 6.07) is 3.91. The van der Waals surface area contributed by atoms with Crippen molar-refractivity contribution in [1.82, 2.24) is 4.98 Å². The number of rotatable bonds is 4. The van der Waals surface area contributed by atoms with E-state index in [1.54, 1.807) is 6.92 Å². The van der Waals surface area contributed by atoms with Gasteiger partial charge in [0.25, 0.3) is 5.56 Å². The van der Waals surface area contributed by atoms with Gasteiger partial charge in [-0.15, -0.1) is 0 Å². The van der Waals surface area contributed by atoms with Gasteiger partial charge in [-0.2, -0.15) is 0 Å². The van der Waals surface area contributed by atoms with Crippen molar-refractivity contribution in [3.05, 3.63) is 51.1 Å². The molecule has 5 N–H and O–H groups in total. The molecule has 1 aromatic carbocycles. The minimum atomic E-state index is -1.68. The number of nitrogens with one attached hydrogen (secondary N) is 1. The fraction of sp³-hybridized carbons (Fsp3) is 0.133. The van der Waals surface area contributed by atoms with Gasteiger partial charge in [0.15, 0.2) is 0 Å². The third kappa shape index (κ3) is 2.78. The van der Waals surface area contributed by atoms with Crippen molar-refractivity contribution in [3.8, 4) is 11.1 Å². The number of carboxylic acid groups (broad SMARTS) is 2. The summed E-state index contributed by atoms with van der Waals surface area (Å²) >= 11 is 0. The molecule has 2 rings (SSSR count). The van der Waals surface area contributed by atoms with Crippen molar-refractivity contribution in [3.63, 3.8) is 0 Å². The predicted octanol–water partition coefficient (Wildman–Crippen LogP) is 1.72. The van der Waals surface area contributed by atoms with E-state index in [-0.39, 0.29) is 5.56 Å². The maximum absolute atomic E-state index is 14.3. The highest BCUT2D eigenvalue weighted by Gasteiger charge is 2.28. The second-order valence-corrected chi connectivity index (χ2v) is 4.77. The molecule has 23 heavy (non-hydrogen) atoms. The zero-order chi connectivity index (χ0) is 17.3. The minimum Gasteiger partial charge on any atom is -0.478 e. The van der Waals surface area contributed by atoms with E-state index >= 15 is 0 Å². The molecular formula is C15H13FN2O5. The average Bonchev–Trinajstić information content (AvgIpc) is 2.45. The third-order valence-corrected chi connectivity index (χ3v) is 3.38. The smallest absolute Gasteiger partial charge is 0.342 e. The van der Waals surface area contributed by atoms with Crippen LogP contribution < -0.4 is 11.3 Å². The Labute approximate surface area is 129 Å². The summed E-state index contributed by atoms with van der Waals surface area (Å²) in [6.07, 6.45) is 0.534. The van der Waals surface area contributed by atoms with Crippen molar-refractivity contribution < 1.29 is 24.2 Å². The number of carboxylic acids is 2. The van der Waals surface area contributed by atoms with E-state index in [0.717, 1.165) is 6.07 Å². The summed E-state index contributed by atoms with van der Waals surface area (Å²) in [5.41, 5.74) is 2.62. The number of H-pyrrole nitrogens is 1. The van der Waals surface area contributed by atoms with Crippen LogP contribution in [0.3, 0.4) is 0 Å². The molecule has 7 nitrogen and oxygen atoms in total. The molecule has 0 unspecified atom stereocenters. The lowest BCUT2D eigenvalue weighted by Crippen LogP contribution is -2.24. The number of aromatic carboxylic acids is 2. The highest BCUT2D eigenvalue weighted by Crippen LogP contribution is 2.31. The molecule has 2 aromatic rings. The van der Waals surface area contributed by atoms with Crippen molar-refractivity contribution in [2.45, 2.75) is 13.3 Å². The predicted molar refractivity (Wildman–Crippen MR) is 80.2 cm³/mol. The number of carbonyl (C=O) groups is 2.